The first-order valence-electron chi connectivity index (χ1n) is 19.4. The van der Waals surface area contributed by atoms with E-state index in [1.165, 1.54) is 83.7 Å². The van der Waals surface area contributed by atoms with Crippen molar-refractivity contribution in [3.63, 3.8) is 0 Å². The zero-order chi connectivity index (χ0) is 39.6. The average Bonchev–Trinajstić information content (AvgIpc) is 3.39. The van der Waals surface area contributed by atoms with Gasteiger partial charge in [-0.1, -0.05) is 109 Å². The molecule has 8 rings (SSSR count). The summed E-state index contributed by atoms with van der Waals surface area (Å²) in [5.41, 5.74) is 23.2. The summed E-state index contributed by atoms with van der Waals surface area (Å²) in [5.74, 6) is 0. The zero-order valence-corrected chi connectivity index (χ0v) is 36.9. The molecule has 7 aromatic carbocycles. The number of rotatable bonds is 7. The van der Waals surface area contributed by atoms with Crippen LogP contribution < -0.4 is 9.80 Å². The minimum Gasteiger partial charge on any atom is -0.310 e. The van der Waals surface area contributed by atoms with Gasteiger partial charge in [-0.3, -0.25) is 0 Å². The van der Waals surface area contributed by atoms with Crippen LogP contribution in [0.1, 0.15) is 68.1 Å². The van der Waals surface area contributed by atoms with Gasteiger partial charge in [0, 0.05) is 37.1 Å². The van der Waals surface area contributed by atoms with Gasteiger partial charge in [-0.25, -0.2) is 0 Å². The molecule has 56 heavy (non-hydrogen) atoms. The summed E-state index contributed by atoms with van der Waals surface area (Å²) in [5, 5.41) is 0. The van der Waals surface area contributed by atoms with E-state index in [-0.39, 0.29) is 0 Å². The zero-order valence-electron chi connectivity index (χ0n) is 33.8. The van der Waals surface area contributed by atoms with Crippen LogP contribution in [0.4, 0.5) is 34.1 Å². The van der Waals surface area contributed by atoms with Crippen LogP contribution in [0.25, 0.3) is 11.1 Å². The van der Waals surface area contributed by atoms with Crippen LogP contribution in [0.5, 0.6) is 0 Å². The molecule has 0 fully saturated rings. The van der Waals surface area contributed by atoms with Crippen molar-refractivity contribution in [1.29, 1.82) is 0 Å². The molecule has 0 spiro atoms. The van der Waals surface area contributed by atoms with E-state index in [9.17, 15) is 0 Å². The van der Waals surface area contributed by atoms with Gasteiger partial charge in [0.05, 0.1) is 11.4 Å². The van der Waals surface area contributed by atoms with Crippen molar-refractivity contribution in [2.45, 2.75) is 67.7 Å². The molecule has 0 saturated heterocycles. The molecule has 1 aliphatic rings. The lowest BCUT2D eigenvalue weighted by Gasteiger charge is -2.33. The first-order chi connectivity index (χ1) is 26.7. The Balaban J connectivity index is 1.39. The standard InChI is InChI=1S/C52H48Br2N2/c1-31-22-32(2)28-39(27-31)52(9)48-29-44(55(42-14-10-40(53)11-15-42)50-35(5)23-33(3)24-36(50)6)18-20-46(48)47-21-19-45(30-49(47)52)56(43-16-12-41(54)13-17-43)51-37(7)25-34(4)26-38(51)8/h10-30H,1-9H3. The quantitative estimate of drug-likeness (QED) is 0.158. The molecule has 1 aliphatic carbocycles. The summed E-state index contributed by atoms with van der Waals surface area (Å²) in [7, 11) is 0. The van der Waals surface area contributed by atoms with Gasteiger partial charge in [0.15, 0.2) is 0 Å². The normalized spacial score (nSPS) is 12.7. The Kier molecular flexibility index (Phi) is 9.87. The Morgan fingerprint density at radius 1 is 0.375 bits per heavy atom. The smallest absolute Gasteiger partial charge is 0.0520 e. The van der Waals surface area contributed by atoms with Gasteiger partial charge in [0.2, 0.25) is 0 Å². The molecular formula is C52H48Br2N2. The Bertz CT molecular complexity index is 2430. The minimum atomic E-state index is -0.432. The fraction of sp³-hybridized carbons (Fsp3) is 0.192. The van der Waals surface area contributed by atoms with Gasteiger partial charge in [-0.2, -0.15) is 0 Å². The van der Waals surface area contributed by atoms with E-state index in [0.29, 0.717) is 0 Å². The maximum Gasteiger partial charge on any atom is 0.0520 e. The number of hydrogen-bond acceptors (Lipinski definition) is 2. The largest absolute Gasteiger partial charge is 0.310 e. The third-order valence-corrected chi connectivity index (χ3v) is 12.6. The van der Waals surface area contributed by atoms with Gasteiger partial charge < -0.3 is 9.80 Å². The molecule has 0 bridgehead atoms. The summed E-state index contributed by atoms with van der Waals surface area (Å²) in [6.07, 6.45) is 0. The van der Waals surface area contributed by atoms with Crippen LogP contribution in [0, 0.1) is 55.4 Å². The van der Waals surface area contributed by atoms with E-state index in [0.717, 1.165) is 31.7 Å². The highest BCUT2D eigenvalue weighted by Crippen LogP contribution is 2.56. The molecule has 0 unspecified atom stereocenters. The number of aryl methyl sites for hydroxylation is 8. The Morgan fingerprint density at radius 2 is 0.696 bits per heavy atom. The number of fused-ring (bicyclic) bond motifs is 3. The lowest BCUT2D eigenvalue weighted by molar-refractivity contribution is 0.712. The molecule has 4 heteroatoms. The van der Waals surface area contributed by atoms with Crippen molar-refractivity contribution in [2.75, 3.05) is 9.80 Å². The van der Waals surface area contributed by atoms with Crippen molar-refractivity contribution in [3.05, 3.63) is 198 Å². The van der Waals surface area contributed by atoms with Gasteiger partial charge >= 0.3 is 0 Å². The summed E-state index contributed by atoms with van der Waals surface area (Å²) < 4.78 is 2.13. The summed E-state index contributed by atoms with van der Waals surface area (Å²) >= 11 is 7.38. The third kappa shape index (κ3) is 6.61. The van der Waals surface area contributed by atoms with Gasteiger partial charge in [-0.15, -0.1) is 0 Å². The van der Waals surface area contributed by atoms with Crippen molar-refractivity contribution in [2.24, 2.45) is 0 Å². The second-order valence-corrected chi connectivity index (χ2v) is 17.9. The second-order valence-electron chi connectivity index (χ2n) is 16.1. The van der Waals surface area contributed by atoms with Crippen molar-refractivity contribution in [1.82, 2.24) is 0 Å². The van der Waals surface area contributed by atoms with Gasteiger partial charge in [-0.05, 0) is 185 Å². The molecule has 280 valence electrons. The van der Waals surface area contributed by atoms with Gasteiger partial charge in [0.1, 0.15) is 0 Å². The SMILES string of the molecule is Cc1cc(C)cc(C2(C)c3cc(N(c4ccc(Br)cc4)c4c(C)cc(C)cc4C)ccc3-c3ccc(N(c4ccc(Br)cc4)c4c(C)cc(C)cc4C)cc32)c1. The molecule has 0 heterocycles. The number of anilines is 6. The van der Waals surface area contributed by atoms with E-state index in [2.05, 4.69) is 231 Å². The van der Waals surface area contributed by atoms with E-state index in [4.69, 9.17) is 0 Å². The molecule has 0 saturated carbocycles. The fourth-order valence-electron chi connectivity index (χ4n) is 9.40. The molecule has 0 N–H and O–H groups in total. The van der Waals surface area contributed by atoms with E-state index in [1.54, 1.807) is 0 Å². The molecule has 0 amide bonds. The molecule has 0 radical (unpaired) electrons. The maximum absolute atomic E-state index is 3.69. The maximum atomic E-state index is 3.69. The van der Waals surface area contributed by atoms with Crippen LogP contribution in [-0.4, -0.2) is 0 Å². The third-order valence-electron chi connectivity index (χ3n) is 11.6. The van der Waals surface area contributed by atoms with Crippen molar-refractivity contribution in [3.8, 4) is 11.1 Å². The van der Waals surface area contributed by atoms with Crippen LogP contribution >= 0.6 is 31.9 Å². The predicted molar refractivity (Wildman–Crippen MR) is 247 cm³/mol. The first-order valence-corrected chi connectivity index (χ1v) is 21.0. The average molecular weight is 861 g/mol. The number of benzene rings is 7. The van der Waals surface area contributed by atoms with Crippen molar-refractivity contribution < 1.29 is 0 Å². The summed E-state index contributed by atoms with van der Waals surface area (Å²) in [6.45, 7) is 20.2. The lowest BCUT2D eigenvalue weighted by atomic mass is 9.73. The summed E-state index contributed by atoms with van der Waals surface area (Å²) in [4.78, 5) is 4.90. The number of halogens is 2. The highest BCUT2D eigenvalue weighted by Gasteiger charge is 2.42. The topological polar surface area (TPSA) is 6.48 Å². The van der Waals surface area contributed by atoms with Crippen LogP contribution in [0.2, 0.25) is 0 Å². The van der Waals surface area contributed by atoms with Crippen molar-refractivity contribution >= 4 is 66.0 Å². The Morgan fingerprint density at radius 3 is 1.05 bits per heavy atom. The van der Waals surface area contributed by atoms with Crippen LogP contribution in [0.3, 0.4) is 0 Å². The second kappa shape index (κ2) is 14.6. The lowest BCUT2D eigenvalue weighted by Crippen LogP contribution is -2.24. The molecular weight excluding hydrogens is 812 g/mol. The molecule has 0 aromatic heterocycles. The molecule has 2 nitrogen and oxygen atoms in total. The van der Waals surface area contributed by atoms with Crippen LogP contribution in [-0.2, 0) is 5.41 Å². The number of hydrogen-bond donors (Lipinski definition) is 0. The highest BCUT2D eigenvalue weighted by atomic mass is 79.9. The molecule has 0 aliphatic heterocycles. The summed E-state index contributed by atoms with van der Waals surface area (Å²) in [6, 6.07) is 48.0. The fourth-order valence-corrected chi connectivity index (χ4v) is 9.93. The number of nitrogens with zero attached hydrogens (tertiary/aromatic N) is 2. The Labute approximate surface area is 350 Å². The molecule has 7 aromatic rings. The van der Waals surface area contributed by atoms with E-state index >= 15 is 0 Å². The van der Waals surface area contributed by atoms with Gasteiger partial charge in [0.25, 0.3) is 0 Å². The van der Waals surface area contributed by atoms with E-state index in [1.807, 2.05) is 0 Å². The van der Waals surface area contributed by atoms with Crippen LogP contribution in [0.15, 0.2) is 136 Å². The predicted octanol–water partition coefficient (Wildman–Crippen LogP) is 16.0. The monoisotopic (exact) mass is 858 g/mol. The minimum absolute atomic E-state index is 0.432. The first kappa shape index (κ1) is 38.0. The highest BCUT2D eigenvalue weighted by molar-refractivity contribution is 9.10. The molecule has 0 atom stereocenters. The Hall–Kier alpha value is -4.90. The van der Waals surface area contributed by atoms with E-state index < -0.39 is 5.41 Å².